The first kappa shape index (κ1) is 16.0. The van der Waals surface area contributed by atoms with Crippen molar-refractivity contribution < 1.29 is 13.2 Å². The Labute approximate surface area is 128 Å². The summed E-state index contributed by atoms with van der Waals surface area (Å²) in [7, 11) is -1.59. The van der Waals surface area contributed by atoms with Crippen molar-refractivity contribution in [2.24, 2.45) is 0 Å². The van der Waals surface area contributed by atoms with Gasteiger partial charge in [0.05, 0.1) is 18.2 Å². The van der Waals surface area contributed by atoms with Crippen LogP contribution < -0.4 is 10.1 Å². The average molecular weight is 340 g/mol. The molecule has 0 radical (unpaired) electrons. The molecular formula is C11H18ClN3O3S2. The first-order valence-electron chi connectivity index (χ1n) is 6.29. The van der Waals surface area contributed by atoms with Crippen molar-refractivity contribution in [2.45, 2.75) is 25.4 Å². The van der Waals surface area contributed by atoms with E-state index in [9.17, 15) is 8.42 Å². The third kappa shape index (κ3) is 3.62. The van der Waals surface area contributed by atoms with Crippen molar-refractivity contribution in [3.63, 3.8) is 0 Å². The van der Waals surface area contributed by atoms with E-state index in [1.807, 2.05) is 0 Å². The predicted octanol–water partition coefficient (Wildman–Crippen LogP) is 1.32. The summed E-state index contributed by atoms with van der Waals surface area (Å²) in [6.07, 6.45) is 3.06. The minimum atomic E-state index is -3.12. The number of rotatable bonds is 6. The zero-order valence-electron chi connectivity index (χ0n) is 11.4. The van der Waals surface area contributed by atoms with Crippen LogP contribution in [0.15, 0.2) is 0 Å². The first-order valence-corrected chi connectivity index (χ1v) is 9.29. The van der Waals surface area contributed by atoms with Gasteiger partial charge in [0.15, 0.2) is 0 Å². The number of hydrogen-bond donors (Lipinski definition) is 1. The Morgan fingerprint density at radius 3 is 2.95 bits per heavy atom. The van der Waals surface area contributed by atoms with Gasteiger partial charge < -0.3 is 10.1 Å². The maximum atomic E-state index is 11.6. The van der Waals surface area contributed by atoms with Crippen molar-refractivity contribution in [1.82, 2.24) is 14.0 Å². The molecule has 1 atom stereocenters. The van der Waals surface area contributed by atoms with Gasteiger partial charge in [0, 0.05) is 25.7 Å². The minimum absolute atomic E-state index is 0.0265. The number of methoxy groups -OCH3 is 1. The molecule has 6 nitrogen and oxygen atoms in total. The SMILES string of the molecule is COc1nsc(CNC[C@H]2CCCN2S(C)(=O)=O)c1Cl. The fraction of sp³-hybridized carbons (Fsp3) is 0.727. The number of sulfonamides is 1. The van der Waals surface area contributed by atoms with Gasteiger partial charge in [-0.1, -0.05) is 11.6 Å². The molecule has 0 saturated carbocycles. The van der Waals surface area contributed by atoms with Crippen molar-refractivity contribution in [1.29, 1.82) is 0 Å². The van der Waals surface area contributed by atoms with E-state index < -0.39 is 10.0 Å². The van der Waals surface area contributed by atoms with Gasteiger partial charge in [-0.05, 0) is 24.4 Å². The van der Waals surface area contributed by atoms with Crippen LogP contribution in [0.3, 0.4) is 0 Å². The topological polar surface area (TPSA) is 71.5 Å². The van der Waals surface area contributed by atoms with Crippen molar-refractivity contribution in [2.75, 3.05) is 26.5 Å². The van der Waals surface area contributed by atoms with Crippen molar-refractivity contribution >= 4 is 33.2 Å². The molecule has 1 fully saturated rings. The van der Waals surface area contributed by atoms with Crippen LogP contribution in [0.4, 0.5) is 0 Å². The molecule has 2 rings (SSSR count). The Morgan fingerprint density at radius 1 is 1.60 bits per heavy atom. The minimum Gasteiger partial charge on any atom is -0.479 e. The Kier molecular flexibility index (Phi) is 5.25. The molecule has 1 aliphatic heterocycles. The summed E-state index contributed by atoms with van der Waals surface area (Å²) in [6, 6.07) is 0.0265. The van der Waals surface area contributed by atoms with E-state index in [0.29, 0.717) is 30.5 Å². The highest BCUT2D eigenvalue weighted by molar-refractivity contribution is 7.88. The van der Waals surface area contributed by atoms with E-state index in [1.165, 1.54) is 24.9 Å². The fourth-order valence-electron chi connectivity index (χ4n) is 2.33. The van der Waals surface area contributed by atoms with Crippen molar-refractivity contribution in [3.8, 4) is 5.88 Å². The van der Waals surface area contributed by atoms with Gasteiger partial charge in [0.25, 0.3) is 0 Å². The molecule has 1 aromatic rings. The largest absolute Gasteiger partial charge is 0.479 e. The zero-order chi connectivity index (χ0) is 14.8. The van der Waals surface area contributed by atoms with Crippen LogP contribution in [0.25, 0.3) is 0 Å². The molecule has 0 aliphatic carbocycles. The molecule has 1 N–H and O–H groups in total. The van der Waals surface area contributed by atoms with Gasteiger partial charge >= 0.3 is 0 Å². The van der Waals surface area contributed by atoms with Gasteiger partial charge in [0.2, 0.25) is 15.9 Å². The van der Waals surface area contributed by atoms with E-state index in [4.69, 9.17) is 16.3 Å². The lowest BCUT2D eigenvalue weighted by Gasteiger charge is -2.22. The van der Waals surface area contributed by atoms with Crippen LogP contribution in [0, 0.1) is 0 Å². The molecule has 2 heterocycles. The number of hydrogen-bond acceptors (Lipinski definition) is 6. The maximum absolute atomic E-state index is 11.6. The van der Waals surface area contributed by atoms with Crippen LogP contribution in [0.5, 0.6) is 5.88 Å². The van der Waals surface area contributed by atoms with E-state index in [0.717, 1.165) is 17.7 Å². The zero-order valence-corrected chi connectivity index (χ0v) is 13.8. The second-order valence-corrected chi connectivity index (χ2v) is 7.90. The second kappa shape index (κ2) is 6.57. The summed E-state index contributed by atoms with van der Waals surface area (Å²) in [5.74, 6) is 0.437. The Balaban J connectivity index is 1.88. The molecule has 0 aromatic carbocycles. The molecule has 0 amide bonds. The normalized spacial score (nSPS) is 20.4. The highest BCUT2D eigenvalue weighted by Crippen LogP contribution is 2.30. The summed E-state index contributed by atoms with van der Waals surface area (Å²) in [6.45, 7) is 1.79. The number of halogens is 1. The van der Waals surface area contributed by atoms with Crippen LogP contribution in [-0.4, -0.2) is 49.6 Å². The molecule has 1 saturated heterocycles. The Bertz CT molecular complexity index is 561. The third-order valence-corrected chi connectivity index (χ3v) is 5.94. The van der Waals surface area contributed by atoms with Gasteiger partial charge in [-0.15, -0.1) is 0 Å². The van der Waals surface area contributed by atoms with Gasteiger partial charge in [-0.2, -0.15) is 8.68 Å². The Hall–Kier alpha value is -0.410. The second-order valence-electron chi connectivity index (χ2n) is 4.73. The third-order valence-electron chi connectivity index (χ3n) is 3.28. The number of nitrogens with one attached hydrogen (secondary N) is 1. The summed E-state index contributed by atoms with van der Waals surface area (Å²) in [5.41, 5.74) is 0. The molecule has 114 valence electrons. The molecule has 0 spiro atoms. The van der Waals surface area contributed by atoms with E-state index in [2.05, 4.69) is 9.69 Å². The lowest BCUT2D eigenvalue weighted by Crippen LogP contribution is -2.40. The summed E-state index contributed by atoms with van der Waals surface area (Å²) in [4.78, 5) is 0.896. The Morgan fingerprint density at radius 2 is 2.35 bits per heavy atom. The molecule has 1 aliphatic rings. The molecule has 0 unspecified atom stereocenters. The lowest BCUT2D eigenvalue weighted by atomic mass is 10.2. The number of nitrogens with zero attached hydrogens (tertiary/aromatic N) is 2. The standard InChI is InChI=1S/C11H18ClN3O3S2/c1-18-11-10(12)9(19-14-11)7-13-6-8-4-3-5-15(8)20(2,16)17/h8,13H,3-7H2,1-2H3/t8-/m1/s1. The van der Waals surface area contributed by atoms with Crippen LogP contribution in [0.2, 0.25) is 5.02 Å². The molecule has 9 heteroatoms. The van der Waals surface area contributed by atoms with E-state index >= 15 is 0 Å². The summed E-state index contributed by atoms with van der Waals surface area (Å²) < 4.78 is 33.9. The molecule has 1 aromatic heterocycles. The average Bonchev–Trinajstić information content (AvgIpc) is 2.97. The maximum Gasteiger partial charge on any atom is 0.244 e. The summed E-state index contributed by atoms with van der Waals surface area (Å²) >= 11 is 7.39. The van der Waals surface area contributed by atoms with Crippen LogP contribution in [0.1, 0.15) is 17.7 Å². The van der Waals surface area contributed by atoms with Gasteiger partial charge in [-0.3, -0.25) is 0 Å². The van der Waals surface area contributed by atoms with Crippen molar-refractivity contribution in [3.05, 3.63) is 9.90 Å². The van der Waals surface area contributed by atoms with Gasteiger partial charge in [0.1, 0.15) is 5.02 Å². The first-order chi connectivity index (χ1) is 9.43. The van der Waals surface area contributed by atoms with E-state index in [-0.39, 0.29) is 6.04 Å². The van der Waals surface area contributed by atoms with E-state index in [1.54, 1.807) is 4.31 Å². The summed E-state index contributed by atoms with van der Waals surface area (Å²) in [5, 5.41) is 3.77. The predicted molar refractivity (Wildman–Crippen MR) is 80.0 cm³/mol. The fourth-order valence-corrected chi connectivity index (χ4v) is 4.55. The highest BCUT2D eigenvalue weighted by Gasteiger charge is 2.30. The number of aromatic nitrogens is 1. The molecule has 0 bridgehead atoms. The van der Waals surface area contributed by atoms with Gasteiger partial charge in [-0.25, -0.2) is 8.42 Å². The highest BCUT2D eigenvalue weighted by atomic mass is 35.5. The smallest absolute Gasteiger partial charge is 0.244 e. The number of ether oxygens (including phenoxy) is 1. The molecular weight excluding hydrogens is 322 g/mol. The molecule has 20 heavy (non-hydrogen) atoms. The lowest BCUT2D eigenvalue weighted by molar-refractivity contribution is 0.374. The quantitative estimate of drug-likeness (QED) is 0.846. The van der Waals surface area contributed by atoms with Crippen LogP contribution in [-0.2, 0) is 16.6 Å². The van der Waals surface area contributed by atoms with Crippen LogP contribution >= 0.6 is 23.1 Å². The monoisotopic (exact) mass is 339 g/mol.